The van der Waals surface area contributed by atoms with Gasteiger partial charge in [-0.05, 0) is 81.1 Å². The van der Waals surface area contributed by atoms with Gasteiger partial charge in [-0.2, -0.15) is 0 Å². The van der Waals surface area contributed by atoms with Gasteiger partial charge in [-0.25, -0.2) is 9.78 Å². The van der Waals surface area contributed by atoms with Crippen LogP contribution >= 0.6 is 0 Å². The van der Waals surface area contributed by atoms with Gasteiger partial charge in [0.05, 0.1) is 12.1 Å². The highest BCUT2D eigenvalue weighted by Gasteiger charge is 2.31. The Bertz CT molecular complexity index is 1470. The second-order valence-electron chi connectivity index (χ2n) is 12.4. The Kier molecular flexibility index (Phi) is 8.27. The zero-order chi connectivity index (χ0) is 29.9. The minimum atomic E-state index is -0.641. The summed E-state index contributed by atoms with van der Waals surface area (Å²) >= 11 is 0. The van der Waals surface area contributed by atoms with E-state index >= 15 is 0 Å². The molecule has 1 saturated heterocycles. The molecule has 10 heteroatoms. The van der Waals surface area contributed by atoms with Crippen molar-refractivity contribution in [3.05, 3.63) is 83.3 Å². The molecule has 220 valence electrons. The standard InChI is InChI=1S/C32H39N7O3/c1-31(2,3)42-30(41)38-27-24-19-22(10-11-25(24)32(4,5)20-35-27)36-29(40)23-9-8-14-34-26(23)37-28(39-17-6-7-18-39)21-12-15-33-16-13-21/h8-16,19,28H,6-7,17-18,20H2,1-5H3,(H,34,37)(H,36,40)(H,35,38,41). The van der Waals surface area contributed by atoms with E-state index in [0.717, 1.165) is 42.6 Å². The lowest BCUT2D eigenvalue weighted by Gasteiger charge is -2.32. The summed E-state index contributed by atoms with van der Waals surface area (Å²) in [6.45, 7) is 12.1. The molecule has 0 aliphatic carbocycles. The second kappa shape index (κ2) is 11.9. The van der Waals surface area contributed by atoms with Gasteiger partial charge in [0.2, 0.25) is 0 Å². The van der Waals surface area contributed by atoms with Crippen LogP contribution in [0.4, 0.5) is 16.3 Å². The van der Waals surface area contributed by atoms with Gasteiger partial charge in [0.1, 0.15) is 23.4 Å². The molecule has 0 spiro atoms. The molecule has 2 aromatic heterocycles. The number of rotatable bonds is 6. The molecule has 1 unspecified atom stereocenters. The SMILES string of the molecule is CC(C)(C)OC(=O)NC1=NCC(C)(C)c2ccc(NC(=O)c3cccnc3NC(c3ccncc3)N3CCCC3)cc21. The monoisotopic (exact) mass is 569 g/mol. The van der Waals surface area contributed by atoms with Crippen molar-refractivity contribution in [3.63, 3.8) is 0 Å². The molecule has 10 nitrogen and oxygen atoms in total. The molecule has 2 aliphatic rings. The van der Waals surface area contributed by atoms with Gasteiger partial charge in [-0.3, -0.25) is 25.0 Å². The van der Waals surface area contributed by atoms with Crippen molar-refractivity contribution in [2.24, 2.45) is 4.99 Å². The van der Waals surface area contributed by atoms with Crippen molar-refractivity contribution in [1.82, 2.24) is 20.2 Å². The number of hydrogen-bond donors (Lipinski definition) is 3. The van der Waals surface area contributed by atoms with Crippen molar-refractivity contribution in [2.45, 2.75) is 64.6 Å². The van der Waals surface area contributed by atoms with Crippen LogP contribution in [0.25, 0.3) is 0 Å². The fourth-order valence-corrected chi connectivity index (χ4v) is 5.32. The first kappa shape index (κ1) is 29.2. The summed E-state index contributed by atoms with van der Waals surface area (Å²) in [7, 11) is 0. The van der Waals surface area contributed by atoms with E-state index in [-0.39, 0.29) is 17.5 Å². The number of nitrogens with one attached hydrogen (secondary N) is 3. The van der Waals surface area contributed by atoms with Crippen molar-refractivity contribution >= 4 is 29.3 Å². The zero-order valence-electron chi connectivity index (χ0n) is 24.9. The van der Waals surface area contributed by atoms with Crippen LogP contribution in [-0.4, -0.2) is 57.9 Å². The van der Waals surface area contributed by atoms with E-state index in [4.69, 9.17) is 4.74 Å². The smallest absolute Gasteiger partial charge is 0.413 e. The van der Waals surface area contributed by atoms with Gasteiger partial charge in [0, 0.05) is 48.3 Å². The van der Waals surface area contributed by atoms with E-state index in [0.29, 0.717) is 29.4 Å². The minimum Gasteiger partial charge on any atom is -0.444 e. The number of alkyl carbamates (subject to hydrolysis) is 1. The van der Waals surface area contributed by atoms with Crippen molar-refractivity contribution < 1.29 is 14.3 Å². The molecule has 0 radical (unpaired) electrons. The molecule has 1 aromatic carbocycles. The topological polar surface area (TPSA) is 121 Å². The predicted octanol–water partition coefficient (Wildman–Crippen LogP) is 5.50. The van der Waals surface area contributed by atoms with Crippen LogP contribution in [0.3, 0.4) is 0 Å². The first-order chi connectivity index (χ1) is 20.0. The predicted molar refractivity (Wildman–Crippen MR) is 164 cm³/mol. The number of likely N-dealkylation sites (tertiary alicyclic amines) is 1. The number of nitrogens with zero attached hydrogens (tertiary/aromatic N) is 4. The van der Waals surface area contributed by atoms with E-state index in [1.807, 2.05) is 51.1 Å². The number of aliphatic imine (C=N–C) groups is 1. The van der Waals surface area contributed by atoms with Gasteiger partial charge >= 0.3 is 6.09 Å². The quantitative estimate of drug-likeness (QED) is 0.359. The van der Waals surface area contributed by atoms with Crippen molar-refractivity contribution in [1.29, 1.82) is 0 Å². The number of hydrogen-bond acceptors (Lipinski definition) is 8. The third-order valence-electron chi connectivity index (χ3n) is 7.37. The number of amides is 2. The summed E-state index contributed by atoms with van der Waals surface area (Å²) in [6, 6.07) is 13.2. The maximum atomic E-state index is 13.7. The molecule has 42 heavy (non-hydrogen) atoms. The van der Waals surface area contributed by atoms with Gasteiger partial charge in [0.25, 0.3) is 5.91 Å². The van der Waals surface area contributed by atoms with Crippen LogP contribution in [-0.2, 0) is 10.2 Å². The molecular formula is C32H39N7O3. The lowest BCUT2D eigenvalue weighted by atomic mass is 9.79. The van der Waals surface area contributed by atoms with Crippen LogP contribution in [0.2, 0.25) is 0 Å². The number of benzene rings is 1. The second-order valence-corrected chi connectivity index (χ2v) is 12.4. The summed E-state index contributed by atoms with van der Waals surface area (Å²) < 4.78 is 5.45. The fraction of sp³-hybridized carbons (Fsp3) is 0.406. The minimum absolute atomic E-state index is 0.138. The molecule has 4 heterocycles. The summed E-state index contributed by atoms with van der Waals surface area (Å²) in [6.07, 6.45) is 6.77. The van der Waals surface area contributed by atoms with Crippen molar-refractivity contribution in [2.75, 3.05) is 30.3 Å². The van der Waals surface area contributed by atoms with E-state index in [1.165, 1.54) is 0 Å². The molecule has 3 aromatic rings. The highest BCUT2D eigenvalue weighted by Crippen LogP contribution is 2.33. The lowest BCUT2D eigenvalue weighted by Crippen LogP contribution is -2.41. The Balaban J connectivity index is 1.39. The van der Waals surface area contributed by atoms with Crippen LogP contribution in [0.5, 0.6) is 0 Å². The molecule has 1 fully saturated rings. The Morgan fingerprint density at radius 3 is 2.45 bits per heavy atom. The largest absolute Gasteiger partial charge is 0.444 e. The summed E-state index contributed by atoms with van der Waals surface area (Å²) in [5.74, 6) is 0.620. The first-order valence-electron chi connectivity index (χ1n) is 14.4. The van der Waals surface area contributed by atoms with Crippen LogP contribution < -0.4 is 16.0 Å². The molecule has 2 aliphatic heterocycles. The maximum absolute atomic E-state index is 13.7. The number of aromatic nitrogens is 2. The normalized spacial score (nSPS) is 17.0. The van der Waals surface area contributed by atoms with E-state index in [1.54, 1.807) is 30.7 Å². The summed E-state index contributed by atoms with van der Waals surface area (Å²) in [5, 5.41) is 9.36. The molecule has 0 bridgehead atoms. The third-order valence-corrected chi connectivity index (χ3v) is 7.37. The van der Waals surface area contributed by atoms with E-state index in [9.17, 15) is 9.59 Å². The number of carbonyl (C=O) groups is 2. The molecule has 0 saturated carbocycles. The number of anilines is 2. The molecule has 1 atom stereocenters. The van der Waals surface area contributed by atoms with Gasteiger partial charge < -0.3 is 15.4 Å². The van der Waals surface area contributed by atoms with Gasteiger partial charge in [-0.15, -0.1) is 0 Å². The van der Waals surface area contributed by atoms with Gasteiger partial charge in [0.15, 0.2) is 0 Å². The average Bonchev–Trinajstić information content (AvgIpc) is 3.48. The highest BCUT2D eigenvalue weighted by atomic mass is 16.6. The number of ether oxygens (including phenoxy) is 1. The van der Waals surface area contributed by atoms with Crippen LogP contribution in [0, 0.1) is 0 Å². The number of pyridine rings is 2. The number of amidine groups is 1. The zero-order valence-corrected chi connectivity index (χ0v) is 24.9. The molecule has 3 N–H and O–H groups in total. The van der Waals surface area contributed by atoms with Crippen LogP contribution in [0.1, 0.15) is 80.7 Å². The Labute approximate surface area is 247 Å². The summed E-state index contributed by atoms with van der Waals surface area (Å²) in [4.78, 5) is 41.9. The lowest BCUT2D eigenvalue weighted by molar-refractivity contribution is 0.0562. The molecule has 5 rings (SSSR count). The molecular weight excluding hydrogens is 530 g/mol. The van der Waals surface area contributed by atoms with Crippen LogP contribution in [0.15, 0.2) is 66.0 Å². The number of fused-ring (bicyclic) bond motifs is 1. The average molecular weight is 570 g/mol. The third kappa shape index (κ3) is 6.76. The van der Waals surface area contributed by atoms with E-state index < -0.39 is 11.7 Å². The van der Waals surface area contributed by atoms with E-state index in [2.05, 4.69) is 49.7 Å². The maximum Gasteiger partial charge on any atom is 0.413 e. The molecule has 2 amide bonds. The van der Waals surface area contributed by atoms with Gasteiger partial charge in [-0.1, -0.05) is 19.9 Å². The Morgan fingerprint density at radius 2 is 1.74 bits per heavy atom. The Morgan fingerprint density at radius 1 is 1.00 bits per heavy atom. The summed E-state index contributed by atoms with van der Waals surface area (Å²) in [5.41, 5.74) is 2.95. The fourth-order valence-electron chi connectivity index (χ4n) is 5.32. The first-order valence-corrected chi connectivity index (χ1v) is 14.4. The Hall–Kier alpha value is -4.31. The highest BCUT2D eigenvalue weighted by molar-refractivity contribution is 6.11. The van der Waals surface area contributed by atoms with Crippen molar-refractivity contribution in [3.8, 4) is 0 Å². The number of carbonyl (C=O) groups excluding carboxylic acids is 2.